The van der Waals surface area contributed by atoms with Crippen LogP contribution in [0, 0.1) is 5.92 Å². The summed E-state index contributed by atoms with van der Waals surface area (Å²) in [7, 11) is 2.87. The zero-order valence-electron chi connectivity index (χ0n) is 12.5. The highest BCUT2D eigenvalue weighted by Crippen LogP contribution is 2.37. The summed E-state index contributed by atoms with van der Waals surface area (Å²) in [6.07, 6.45) is 1.66. The number of amides is 1. The summed E-state index contributed by atoms with van der Waals surface area (Å²) >= 11 is 1.84. The maximum Gasteiger partial charge on any atom is 0.335 e. The van der Waals surface area contributed by atoms with Gasteiger partial charge in [-0.05, 0) is 36.5 Å². The molecule has 1 heterocycles. The van der Waals surface area contributed by atoms with Crippen molar-refractivity contribution >= 4 is 29.3 Å². The van der Waals surface area contributed by atoms with Gasteiger partial charge < -0.3 is 19.9 Å². The van der Waals surface area contributed by atoms with E-state index in [1.165, 1.54) is 26.4 Å². The Morgan fingerprint density at radius 1 is 1.23 bits per heavy atom. The van der Waals surface area contributed by atoms with E-state index in [9.17, 15) is 9.59 Å². The van der Waals surface area contributed by atoms with Crippen LogP contribution >= 0.6 is 11.8 Å². The average molecular weight is 325 g/mol. The number of carbonyl (C=O) groups is 2. The highest BCUT2D eigenvalue weighted by molar-refractivity contribution is 7.99. The highest BCUT2D eigenvalue weighted by Gasteiger charge is 2.24. The Kier molecular flexibility index (Phi) is 5.54. The molecule has 2 N–H and O–H groups in total. The van der Waals surface area contributed by atoms with Crippen LogP contribution in [0.3, 0.4) is 0 Å². The molecule has 1 fully saturated rings. The molecule has 0 spiro atoms. The maximum absolute atomic E-state index is 12.4. The quantitative estimate of drug-likeness (QED) is 0.865. The third kappa shape index (κ3) is 3.65. The van der Waals surface area contributed by atoms with Crippen LogP contribution in [0.15, 0.2) is 12.1 Å². The summed E-state index contributed by atoms with van der Waals surface area (Å²) in [6, 6.07) is 2.76. The number of benzene rings is 1. The fraction of sp³-hybridized carbons (Fsp3) is 0.467. The molecular weight excluding hydrogens is 306 g/mol. The van der Waals surface area contributed by atoms with Crippen LogP contribution in [0.25, 0.3) is 0 Å². The Labute approximate surface area is 133 Å². The number of hydrogen-bond acceptors (Lipinski definition) is 5. The van der Waals surface area contributed by atoms with E-state index >= 15 is 0 Å². The van der Waals surface area contributed by atoms with Gasteiger partial charge in [-0.25, -0.2) is 4.79 Å². The second-order valence-corrected chi connectivity index (χ2v) is 6.17. The van der Waals surface area contributed by atoms with Gasteiger partial charge in [0.1, 0.15) is 0 Å². The highest BCUT2D eigenvalue weighted by atomic mass is 32.2. The fourth-order valence-electron chi connectivity index (χ4n) is 2.38. The Bertz CT molecular complexity index is 569. The number of nitrogens with one attached hydrogen (secondary N) is 1. The Balaban J connectivity index is 2.29. The molecule has 2 rings (SSSR count). The number of hydrogen-bond donors (Lipinski definition) is 2. The lowest BCUT2D eigenvalue weighted by molar-refractivity contribution is -0.120. The van der Waals surface area contributed by atoms with Crippen LogP contribution in [-0.2, 0) is 4.79 Å². The molecule has 120 valence electrons. The number of carboxylic acid groups (broad SMARTS) is 1. The number of carbonyl (C=O) groups excluding carboxylic acids is 1. The van der Waals surface area contributed by atoms with Crippen molar-refractivity contribution in [2.45, 2.75) is 12.8 Å². The third-order valence-corrected chi connectivity index (χ3v) is 4.62. The van der Waals surface area contributed by atoms with Gasteiger partial charge >= 0.3 is 5.97 Å². The van der Waals surface area contributed by atoms with Crippen molar-refractivity contribution in [1.29, 1.82) is 0 Å². The van der Waals surface area contributed by atoms with Crippen molar-refractivity contribution < 1.29 is 24.2 Å². The summed E-state index contributed by atoms with van der Waals surface area (Å²) in [5, 5.41) is 11.9. The molecule has 1 saturated heterocycles. The van der Waals surface area contributed by atoms with Gasteiger partial charge in [-0.2, -0.15) is 11.8 Å². The van der Waals surface area contributed by atoms with Gasteiger partial charge in [-0.15, -0.1) is 0 Å². The van der Waals surface area contributed by atoms with Crippen molar-refractivity contribution in [3.8, 4) is 11.5 Å². The topological polar surface area (TPSA) is 84.9 Å². The van der Waals surface area contributed by atoms with Gasteiger partial charge in [-0.1, -0.05) is 0 Å². The number of aromatic carboxylic acids is 1. The van der Waals surface area contributed by atoms with E-state index in [-0.39, 0.29) is 23.1 Å². The Morgan fingerprint density at radius 2 is 1.91 bits per heavy atom. The van der Waals surface area contributed by atoms with Crippen LogP contribution in [0.4, 0.5) is 5.69 Å². The summed E-state index contributed by atoms with van der Waals surface area (Å²) in [5.41, 5.74) is 0.356. The largest absolute Gasteiger partial charge is 0.493 e. The molecule has 1 aromatic carbocycles. The van der Waals surface area contributed by atoms with Crippen molar-refractivity contribution in [1.82, 2.24) is 0 Å². The molecule has 0 atom stereocenters. The first kappa shape index (κ1) is 16.5. The third-order valence-electron chi connectivity index (χ3n) is 3.58. The van der Waals surface area contributed by atoms with Gasteiger partial charge in [0.25, 0.3) is 0 Å². The van der Waals surface area contributed by atoms with Crippen molar-refractivity contribution in [3.05, 3.63) is 17.7 Å². The van der Waals surface area contributed by atoms with Gasteiger partial charge in [0.2, 0.25) is 5.91 Å². The molecule has 0 bridgehead atoms. The molecule has 1 amide bonds. The van der Waals surface area contributed by atoms with E-state index < -0.39 is 5.97 Å². The first-order valence-corrected chi connectivity index (χ1v) is 8.10. The summed E-state index contributed by atoms with van der Waals surface area (Å²) < 4.78 is 10.4. The lowest BCUT2D eigenvalue weighted by Gasteiger charge is -2.22. The molecule has 0 saturated carbocycles. The number of rotatable bonds is 5. The Hall–Kier alpha value is -1.89. The van der Waals surface area contributed by atoms with Gasteiger partial charge in [-0.3, -0.25) is 4.79 Å². The van der Waals surface area contributed by atoms with Crippen molar-refractivity contribution in [2.75, 3.05) is 31.0 Å². The molecule has 0 aromatic heterocycles. The summed E-state index contributed by atoms with van der Waals surface area (Å²) in [5.74, 6) is 1.28. The lowest BCUT2D eigenvalue weighted by atomic mass is 10.0. The first-order chi connectivity index (χ1) is 10.6. The Morgan fingerprint density at radius 3 is 2.45 bits per heavy atom. The normalized spacial score (nSPS) is 15.2. The summed E-state index contributed by atoms with van der Waals surface area (Å²) in [6.45, 7) is 0. The van der Waals surface area contributed by atoms with E-state index in [2.05, 4.69) is 5.32 Å². The minimum atomic E-state index is -1.09. The number of methoxy groups -OCH3 is 2. The van der Waals surface area contributed by atoms with Gasteiger partial charge in [0, 0.05) is 5.92 Å². The van der Waals surface area contributed by atoms with E-state index in [0.717, 1.165) is 24.3 Å². The van der Waals surface area contributed by atoms with E-state index in [0.29, 0.717) is 11.4 Å². The predicted molar refractivity (Wildman–Crippen MR) is 85.2 cm³/mol. The van der Waals surface area contributed by atoms with E-state index in [4.69, 9.17) is 14.6 Å². The van der Waals surface area contributed by atoms with Crippen molar-refractivity contribution in [3.63, 3.8) is 0 Å². The number of anilines is 1. The van der Waals surface area contributed by atoms with Crippen LogP contribution in [0.5, 0.6) is 11.5 Å². The maximum atomic E-state index is 12.4. The minimum Gasteiger partial charge on any atom is -0.493 e. The van der Waals surface area contributed by atoms with E-state index in [1.807, 2.05) is 11.8 Å². The molecule has 6 nitrogen and oxygen atoms in total. The monoisotopic (exact) mass is 325 g/mol. The smallest absolute Gasteiger partial charge is 0.335 e. The fourth-order valence-corrected chi connectivity index (χ4v) is 3.48. The SMILES string of the molecule is COc1cc(C(=O)O)cc(NC(=O)C2CCSCC2)c1OC. The minimum absolute atomic E-state index is 0.0344. The second-order valence-electron chi connectivity index (χ2n) is 4.94. The number of thioether (sulfide) groups is 1. The van der Waals surface area contributed by atoms with Gasteiger partial charge in [0.05, 0.1) is 25.5 Å². The molecule has 7 heteroatoms. The first-order valence-electron chi connectivity index (χ1n) is 6.94. The molecule has 0 aliphatic carbocycles. The summed E-state index contributed by atoms with van der Waals surface area (Å²) in [4.78, 5) is 23.5. The van der Waals surface area contributed by atoms with Gasteiger partial charge in [0.15, 0.2) is 11.5 Å². The molecule has 22 heavy (non-hydrogen) atoms. The van der Waals surface area contributed by atoms with Crippen LogP contribution in [-0.4, -0.2) is 42.7 Å². The van der Waals surface area contributed by atoms with Crippen LogP contribution in [0.2, 0.25) is 0 Å². The average Bonchev–Trinajstić information content (AvgIpc) is 2.54. The zero-order valence-corrected chi connectivity index (χ0v) is 13.4. The van der Waals surface area contributed by atoms with E-state index in [1.54, 1.807) is 0 Å². The number of carboxylic acids is 1. The molecule has 0 radical (unpaired) electrons. The second kappa shape index (κ2) is 7.40. The molecule has 0 unspecified atom stereocenters. The molecule has 1 aromatic rings. The lowest BCUT2D eigenvalue weighted by Crippen LogP contribution is -2.26. The van der Waals surface area contributed by atoms with Crippen molar-refractivity contribution in [2.24, 2.45) is 5.92 Å². The molecular formula is C15H19NO5S. The number of ether oxygens (including phenoxy) is 2. The van der Waals surface area contributed by atoms with Crippen LogP contribution in [0.1, 0.15) is 23.2 Å². The molecule has 1 aliphatic rings. The molecule has 1 aliphatic heterocycles. The standard InChI is InChI=1S/C15H19NO5S/c1-20-12-8-10(15(18)19)7-11(13(12)21-2)16-14(17)9-3-5-22-6-4-9/h7-9H,3-6H2,1-2H3,(H,16,17)(H,18,19). The van der Waals surface area contributed by atoms with Crippen LogP contribution < -0.4 is 14.8 Å². The predicted octanol–water partition coefficient (Wildman–Crippen LogP) is 2.48. The zero-order chi connectivity index (χ0) is 16.1.